The van der Waals surface area contributed by atoms with Gasteiger partial charge in [0.1, 0.15) is 11.6 Å². The summed E-state index contributed by atoms with van der Waals surface area (Å²) in [4.78, 5) is 0. The van der Waals surface area contributed by atoms with Crippen LogP contribution in [0, 0.1) is 11.6 Å². The van der Waals surface area contributed by atoms with Gasteiger partial charge >= 0.3 is 0 Å². The minimum Gasteiger partial charge on any atom is -0.314 e. The highest BCUT2D eigenvalue weighted by Crippen LogP contribution is 2.14. The van der Waals surface area contributed by atoms with Crippen LogP contribution in [0.3, 0.4) is 0 Å². The second kappa shape index (κ2) is 7.27. The highest BCUT2D eigenvalue weighted by Gasteiger charge is 2.11. The molecule has 0 saturated carbocycles. The van der Waals surface area contributed by atoms with E-state index in [0.29, 0.717) is 12.0 Å². The van der Waals surface area contributed by atoms with Gasteiger partial charge in [-0.05, 0) is 43.5 Å². The lowest BCUT2D eigenvalue weighted by Gasteiger charge is -2.19. The summed E-state index contributed by atoms with van der Waals surface area (Å²) in [6, 6.07) is 3.87. The molecular formula is C15H21F2N. The molecule has 0 heterocycles. The summed E-state index contributed by atoms with van der Waals surface area (Å²) < 4.78 is 26.2. The van der Waals surface area contributed by atoms with Gasteiger partial charge < -0.3 is 5.32 Å². The normalized spacial score (nSPS) is 12.4. The van der Waals surface area contributed by atoms with Crippen LogP contribution in [0.2, 0.25) is 0 Å². The molecule has 0 spiro atoms. The van der Waals surface area contributed by atoms with Gasteiger partial charge in [-0.15, -0.1) is 0 Å². The topological polar surface area (TPSA) is 12.0 Å². The molecule has 0 aliphatic heterocycles. The first-order chi connectivity index (χ1) is 8.55. The monoisotopic (exact) mass is 253 g/mol. The smallest absolute Gasteiger partial charge is 0.126 e. The van der Waals surface area contributed by atoms with E-state index in [2.05, 4.69) is 18.8 Å². The Kier molecular flexibility index (Phi) is 5.99. The van der Waals surface area contributed by atoms with Crippen LogP contribution in [0.5, 0.6) is 0 Å². The molecular weight excluding hydrogens is 232 g/mol. The van der Waals surface area contributed by atoms with Crippen molar-refractivity contribution in [1.82, 2.24) is 5.32 Å². The minimum absolute atomic E-state index is 0.184. The van der Waals surface area contributed by atoms with Crippen LogP contribution < -0.4 is 5.32 Å². The summed E-state index contributed by atoms with van der Waals surface area (Å²) in [6.45, 7) is 8.90. The fourth-order valence-corrected chi connectivity index (χ4v) is 2.01. The number of benzene rings is 1. The first-order valence-corrected chi connectivity index (χ1v) is 6.40. The number of hydrogen-bond acceptors (Lipinski definition) is 1. The zero-order valence-electron chi connectivity index (χ0n) is 11.1. The Balaban J connectivity index is 2.72. The van der Waals surface area contributed by atoms with Crippen molar-refractivity contribution in [3.8, 4) is 0 Å². The Morgan fingerprint density at radius 1 is 1.22 bits per heavy atom. The maximum Gasteiger partial charge on any atom is 0.126 e. The number of hydrogen-bond donors (Lipinski definition) is 1. The standard InChI is InChI=1S/C15H21F2N/c1-4-11(3)6-15(18-5-2)9-12-7-13(16)10-14(17)8-12/h7-8,10,15,18H,3-6,9H2,1-2H3. The molecule has 0 bridgehead atoms. The van der Waals surface area contributed by atoms with E-state index >= 15 is 0 Å². The quantitative estimate of drug-likeness (QED) is 0.728. The van der Waals surface area contributed by atoms with Crippen molar-refractivity contribution < 1.29 is 8.78 Å². The van der Waals surface area contributed by atoms with Crippen LogP contribution in [0.4, 0.5) is 8.78 Å². The van der Waals surface area contributed by atoms with Gasteiger partial charge in [0.15, 0.2) is 0 Å². The van der Waals surface area contributed by atoms with Crippen molar-refractivity contribution in [3.05, 3.63) is 47.5 Å². The fraction of sp³-hybridized carbons (Fsp3) is 0.467. The van der Waals surface area contributed by atoms with E-state index in [4.69, 9.17) is 0 Å². The van der Waals surface area contributed by atoms with Gasteiger partial charge in [0.25, 0.3) is 0 Å². The second-order valence-corrected chi connectivity index (χ2v) is 4.54. The molecule has 1 aromatic rings. The van der Waals surface area contributed by atoms with Crippen LogP contribution in [0.15, 0.2) is 30.4 Å². The van der Waals surface area contributed by atoms with Crippen LogP contribution in [0.25, 0.3) is 0 Å². The third-order valence-corrected chi connectivity index (χ3v) is 2.93. The molecule has 3 heteroatoms. The van der Waals surface area contributed by atoms with Crippen LogP contribution >= 0.6 is 0 Å². The zero-order chi connectivity index (χ0) is 13.5. The molecule has 1 aromatic carbocycles. The van der Waals surface area contributed by atoms with Crippen LogP contribution in [-0.2, 0) is 6.42 Å². The molecule has 100 valence electrons. The Morgan fingerprint density at radius 2 is 1.83 bits per heavy atom. The molecule has 0 aromatic heterocycles. The molecule has 0 radical (unpaired) electrons. The van der Waals surface area contributed by atoms with Gasteiger partial charge in [-0.3, -0.25) is 0 Å². The van der Waals surface area contributed by atoms with E-state index < -0.39 is 11.6 Å². The maximum absolute atomic E-state index is 13.1. The molecule has 1 N–H and O–H groups in total. The van der Waals surface area contributed by atoms with Gasteiger partial charge in [-0.25, -0.2) is 8.78 Å². The van der Waals surface area contributed by atoms with Gasteiger partial charge in [-0.1, -0.05) is 26.0 Å². The number of likely N-dealkylation sites (N-methyl/N-ethyl adjacent to an activating group) is 1. The Bertz CT molecular complexity index is 381. The molecule has 0 aliphatic rings. The molecule has 1 atom stereocenters. The van der Waals surface area contributed by atoms with Crippen molar-refractivity contribution in [2.75, 3.05) is 6.54 Å². The molecule has 1 unspecified atom stereocenters. The summed E-state index contributed by atoms with van der Waals surface area (Å²) in [6.07, 6.45) is 2.38. The Hall–Kier alpha value is -1.22. The summed E-state index contributed by atoms with van der Waals surface area (Å²) in [5.41, 5.74) is 1.83. The summed E-state index contributed by atoms with van der Waals surface area (Å²) >= 11 is 0. The van der Waals surface area contributed by atoms with Gasteiger partial charge in [0, 0.05) is 12.1 Å². The van der Waals surface area contributed by atoms with E-state index in [1.54, 1.807) is 0 Å². The zero-order valence-corrected chi connectivity index (χ0v) is 11.1. The molecule has 0 fully saturated rings. The molecule has 1 rings (SSSR count). The Morgan fingerprint density at radius 3 is 2.33 bits per heavy atom. The Labute approximate surface area is 108 Å². The predicted molar refractivity (Wildman–Crippen MR) is 71.6 cm³/mol. The molecule has 0 amide bonds. The lowest BCUT2D eigenvalue weighted by molar-refractivity contribution is 0.510. The number of rotatable bonds is 7. The SMILES string of the molecule is C=C(CC)CC(Cc1cc(F)cc(F)c1)NCC. The lowest BCUT2D eigenvalue weighted by atomic mass is 9.98. The van der Waals surface area contributed by atoms with Gasteiger partial charge in [0.05, 0.1) is 0 Å². The largest absolute Gasteiger partial charge is 0.314 e. The van der Waals surface area contributed by atoms with E-state index in [-0.39, 0.29) is 6.04 Å². The highest BCUT2D eigenvalue weighted by molar-refractivity contribution is 5.19. The first-order valence-electron chi connectivity index (χ1n) is 6.40. The van der Waals surface area contributed by atoms with E-state index in [9.17, 15) is 8.78 Å². The fourth-order valence-electron chi connectivity index (χ4n) is 2.01. The summed E-state index contributed by atoms with van der Waals surface area (Å²) in [5.74, 6) is -1.04. The second-order valence-electron chi connectivity index (χ2n) is 4.54. The van der Waals surface area contributed by atoms with Crippen molar-refractivity contribution in [2.45, 2.75) is 39.2 Å². The van der Waals surface area contributed by atoms with Crippen molar-refractivity contribution >= 4 is 0 Å². The van der Waals surface area contributed by atoms with Crippen LogP contribution in [-0.4, -0.2) is 12.6 Å². The molecule has 0 aliphatic carbocycles. The van der Waals surface area contributed by atoms with E-state index in [0.717, 1.165) is 31.0 Å². The summed E-state index contributed by atoms with van der Waals surface area (Å²) in [5, 5.41) is 3.33. The highest BCUT2D eigenvalue weighted by atomic mass is 19.1. The predicted octanol–water partition coefficient (Wildman–Crippen LogP) is 3.84. The molecule has 18 heavy (non-hydrogen) atoms. The third-order valence-electron chi connectivity index (χ3n) is 2.93. The van der Waals surface area contributed by atoms with Crippen LogP contribution in [0.1, 0.15) is 32.3 Å². The van der Waals surface area contributed by atoms with Crippen molar-refractivity contribution in [3.63, 3.8) is 0 Å². The first kappa shape index (κ1) is 14.8. The number of halogens is 2. The summed E-state index contributed by atoms with van der Waals surface area (Å²) in [7, 11) is 0. The van der Waals surface area contributed by atoms with E-state index in [1.807, 2.05) is 6.92 Å². The maximum atomic E-state index is 13.1. The van der Waals surface area contributed by atoms with Crippen molar-refractivity contribution in [1.29, 1.82) is 0 Å². The molecule has 0 saturated heterocycles. The average molecular weight is 253 g/mol. The van der Waals surface area contributed by atoms with Crippen molar-refractivity contribution in [2.24, 2.45) is 0 Å². The lowest BCUT2D eigenvalue weighted by Crippen LogP contribution is -2.31. The van der Waals surface area contributed by atoms with Gasteiger partial charge in [-0.2, -0.15) is 0 Å². The van der Waals surface area contributed by atoms with Gasteiger partial charge in [0.2, 0.25) is 0 Å². The molecule has 1 nitrogen and oxygen atoms in total. The number of nitrogens with one attached hydrogen (secondary N) is 1. The minimum atomic E-state index is -0.519. The van der Waals surface area contributed by atoms with E-state index in [1.165, 1.54) is 12.1 Å². The third kappa shape index (κ3) is 4.96. The average Bonchev–Trinajstić information content (AvgIpc) is 2.27.